The van der Waals surface area contributed by atoms with E-state index in [1.165, 1.54) is 6.07 Å². The first-order chi connectivity index (χ1) is 9.78. The average molecular weight is 316 g/mol. The Kier molecular flexibility index (Phi) is 4.28. The summed E-state index contributed by atoms with van der Waals surface area (Å²) in [6, 6.07) is 5.08. The highest BCUT2D eigenvalue weighted by Gasteiger charge is 2.41. The molecule has 2 rings (SSSR count). The van der Waals surface area contributed by atoms with Crippen LogP contribution in [0.15, 0.2) is 18.2 Å². The number of hydrogen-bond acceptors (Lipinski definition) is 3. The lowest BCUT2D eigenvalue weighted by Gasteiger charge is -2.40. The molecular weight excluding hydrogens is 301 g/mol. The van der Waals surface area contributed by atoms with Crippen LogP contribution in [0.2, 0.25) is 0 Å². The Morgan fingerprint density at radius 3 is 2.52 bits per heavy atom. The zero-order chi connectivity index (χ0) is 15.7. The van der Waals surface area contributed by atoms with Crippen molar-refractivity contribution in [3.63, 3.8) is 0 Å². The van der Waals surface area contributed by atoms with E-state index in [4.69, 9.17) is 5.26 Å². The van der Waals surface area contributed by atoms with Gasteiger partial charge in [0.1, 0.15) is 0 Å². The van der Waals surface area contributed by atoms with Crippen molar-refractivity contribution < 1.29 is 17.4 Å². The van der Waals surface area contributed by atoms with Crippen LogP contribution >= 0.6 is 0 Å². The lowest BCUT2D eigenvalue weighted by molar-refractivity contribution is -0.137. The molecule has 7 heteroatoms. The van der Waals surface area contributed by atoms with Gasteiger partial charge in [-0.3, -0.25) is 4.21 Å². The molecular formula is C14H15F3N2OS. The maximum atomic E-state index is 12.9. The maximum Gasteiger partial charge on any atom is 0.417 e. The van der Waals surface area contributed by atoms with E-state index in [0.29, 0.717) is 6.54 Å². The van der Waals surface area contributed by atoms with Crippen LogP contribution in [-0.4, -0.2) is 21.8 Å². The van der Waals surface area contributed by atoms with E-state index in [9.17, 15) is 17.4 Å². The van der Waals surface area contributed by atoms with Gasteiger partial charge in [-0.25, -0.2) is 0 Å². The van der Waals surface area contributed by atoms with E-state index >= 15 is 0 Å². The summed E-state index contributed by atoms with van der Waals surface area (Å²) in [5.74, 6) is 0. The molecule has 1 fully saturated rings. The molecule has 1 unspecified atom stereocenters. The fraction of sp³-hybridized carbons (Fsp3) is 0.500. The molecule has 0 aromatic heterocycles. The monoisotopic (exact) mass is 316 g/mol. The van der Waals surface area contributed by atoms with Gasteiger partial charge < -0.3 is 5.32 Å². The largest absolute Gasteiger partial charge is 0.417 e. The van der Waals surface area contributed by atoms with Crippen molar-refractivity contribution in [2.45, 2.75) is 30.2 Å². The Labute approximate surface area is 123 Å². The second-order valence-electron chi connectivity index (χ2n) is 5.21. The summed E-state index contributed by atoms with van der Waals surface area (Å²) in [7, 11) is -1.02. The quantitative estimate of drug-likeness (QED) is 0.927. The predicted molar refractivity (Wildman–Crippen MR) is 75.3 cm³/mol. The maximum absolute atomic E-state index is 12.9. The summed E-state index contributed by atoms with van der Waals surface area (Å²) in [5.41, 5.74) is -1.06. The summed E-state index contributed by atoms with van der Waals surface area (Å²) >= 11 is 0. The number of hydrogen-bond donors (Lipinski definition) is 1. The molecule has 3 nitrogen and oxygen atoms in total. The second-order valence-corrected chi connectivity index (χ2v) is 6.99. The highest BCUT2D eigenvalue weighted by molar-refractivity contribution is 7.85. The highest BCUT2D eigenvalue weighted by Crippen LogP contribution is 2.38. The number of nitrogens with zero attached hydrogens (tertiary/aromatic N) is 1. The fourth-order valence-corrected chi connectivity index (χ4v) is 3.53. The SMILES string of the molecule is CS(=O)C1(CNc2ccc(C#N)c(C(F)(F)F)c2)CCC1. The summed E-state index contributed by atoms with van der Waals surface area (Å²) < 4.78 is 50.0. The number of halogens is 3. The van der Waals surface area contributed by atoms with Crippen molar-refractivity contribution >= 4 is 16.5 Å². The number of nitrogens with one attached hydrogen (secondary N) is 1. The topological polar surface area (TPSA) is 52.9 Å². The van der Waals surface area contributed by atoms with Gasteiger partial charge in [-0.05, 0) is 31.0 Å². The fourth-order valence-electron chi connectivity index (χ4n) is 2.39. The van der Waals surface area contributed by atoms with Crippen molar-refractivity contribution in [1.29, 1.82) is 5.26 Å². The average Bonchev–Trinajstić information content (AvgIpc) is 2.35. The minimum absolute atomic E-state index is 0.290. The Morgan fingerprint density at radius 2 is 2.10 bits per heavy atom. The summed E-state index contributed by atoms with van der Waals surface area (Å²) in [5, 5.41) is 11.7. The number of rotatable bonds is 4. The van der Waals surface area contributed by atoms with Gasteiger partial charge in [-0.2, -0.15) is 18.4 Å². The molecule has 0 amide bonds. The third kappa shape index (κ3) is 3.21. The Hall–Kier alpha value is -1.55. The van der Waals surface area contributed by atoms with Crippen LogP contribution in [0.3, 0.4) is 0 Å². The molecule has 1 aliphatic rings. The Morgan fingerprint density at radius 1 is 1.43 bits per heavy atom. The van der Waals surface area contributed by atoms with Crippen molar-refractivity contribution in [1.82, 2.24) is 0 Å². The van der Waals surface area contributed by atoms with Gasteiger partial charge in [0.15, 0.2) is 0 Å². The van der Waals surface area contributed by atoms with E-state index in [2.05, 4.69) is 5.32 Å². The van der Waals surface area contributed by atoms with Crippen molar-refractivity contribution in [3.05, 3.63) is 29.3 Å². The number of alkyl halides is 3. The van der Waals surface area contributed by atoms with Crippen molar-refractivity contribution in [2.24, 2.45) is 0 Å². The van der Waals surface area contributed by atoms with E-state index in [-0.39, 0.29) is 10.4 Å². The third-order valence-electron chi connectivity index (χ3n) is 3.93. The van der Waals surface area contributed by atoms with Crippen molar-refractivity contribution in [2.75, 3.05) is 18.1 Å². The summed E-state index contributed by atoms with van der Waals surface area (Å²) in [6.45, 7) is 0.374. The molecule has 0 aliphatic heterocycles. The van der Waals surface area contributed by atoms with Gasteiger partial charge in [0.25, 0.3) is 0 Å². The number of nitriles is 1. The van der Waals surface area contributed by atoms with Crippen LogP contribution in [0.5, 0.6) is 0 Å². The molecule has 0 spiro atoms. The molecule has 1 saturated carbocycles. The molecule has 1 N–H and O–H groups in total. The highest BCUT2D eigenvalue weighted by atomic mass is 32.2. The van der Waals surface area contributed by atoms with E-state index in [0.717, 1.165) is 31.4 Å². The van der Waals surface area contributed by atoms with Crippen LogP contribution < -0.4 is 5.32 Å². The van der Waals surface area contributed by atoms with Gasteiger partial charge in [-0.15, -0.1) is 0 Å². The van der Waals surface area contributed by atoms with E-state index in [1.807, 2.05) is 0 Å². The van der Waals surface area contributed by atoms with Crippen LogP contribution in [0.4, 0.5) is 18.9 Å². The van der Waals surface area contributed by atoms with Crippen LogP contribution in [0.25, 0.3) is 0 Å². The van der Waals surface area contributed by atoms with Gasteiger partial charge in [0.2, 0.25) is 0 Å². The second kappa shape index (κ2) is 5.68. The van der Waals surface area contributed by atoms with Gasteiger partial charge in [0.05, 0.1) is 21.9 Å². The van der Waals surface area contributed by atoms with E-state index < -0.39 is 28.1 Å². The molecule has 1 aliphatic carbocycles. The third-order valence-corrected chi connectivity index (χ3v) is 5.71. The summed E-state index contributed by atoms with van der Waals surface area (Å²) in [4.78, 5) is 0. The zero-order valence-corrected chi connectivity index (χ0v) is 12.3. The standard InChI is InChI=1S/C14H15F3N2OS/c1-21(20)13(5-2-6-13)9-19-11-4-3-10(8-18)12(7-11)14(15,16)17/h3-4,7,19H,2,5-6,9H2,1H3. The van der Waals surface area contributed by atoms with Crippen LogP contribution in [0, 0.1) is 11.3 Å². The molecule has 114 valence electrons. The van der Waals surface area contributed by atoms with Gasteiger partial charge >= 0.3 is 6.18 Å². The van der Waals surface area contributed by atoms with E-state index in [1.54, 1.807) is 12.3 Å². The van der Waals surface area contributed by atoms with Crippen LogP contribution in [0.1, 0.15) is 30.4 Å². The minimum atomic E-state index is -4.56. The molecule has 0 radical (unpaired) electrons. The first-order valence-corrected chi connectivity index (χ1v) is 8.03. The Bertz CT molecular complexity index is 603. The molecule has 0 saturated heterocycles. The first kappa shape index (κ1) is 15.8. The smallest absolute Gasteiger partial charge is 0.384 e. The number of benzene rings is 1. The van der Waals surface area contributed by atoms with Crippen molar-refractivity contribution in [3.8, 4) is 6.07 Å². The molecule has 1 atom stereocenters. The zero-order valence-electron chi connectivity index (χ0n) is 11.5. The molecule has 1 aromatic rings. The first-order valence-electron chi connectivity index (χ1n) is 6.47. The van der Waals surface area contributed by atoms with Gasteiger partial charge in [-0.1, -0.05) is 6.42 Å². The predicted octanol–water partition coefficient (Wildman–Crippen LogP) is 3.29. The lowest BCUT2D eigenvalue weighted by Crippen LogP contribution is -2.47. The van der Waals surface area contributed by atoms with Gasteiger partial charge in [0, 0.05) is 29.3 Å². The normalized spacial score (nSPS) is 18.4. The molecule has 1 aromatic carbocycles. The number of anilines is 1. The molecule has 0 heterocycles. The summed E-state index contributed by atoms with van der Waals surface area (Å²) in [6.07, 6.45) is -0.329. The minimum Gasteiger partial charge on any atom is -0.384 e. The molecule has 0 bridgehead atoms. The Balaban J connectivity index is 2.19. The lowest BCUT2D eigenvalue weighted by atomic mass is 9.84. The van der Waals surface area contributed by atoms with Crippen LogP contribution in [-0.2, 0) is 17.0 Å². The molecule has 21 heavy (non-hydrogen) atoms.